The second-order valence-corrected chi connectivity index (χ2v) is 7.87. The van der Waals surface area contributed by atoms with Gasteiger partial charge in [0.15, 0.2) is 0 Å². The number of benzene rings is 2. The molecule has 0 bridgehead atoms. The first-order valence-corrected chi connectivity index (χ1v) is 9.90. The van der Waals surface area contributed by atoms with Gasteiger partial charge in [-0.2, -0.15) is 0 Å². The van der Waals surface area contributed by atoms with Crippen molar-refractivity contribution >= 4 is 35.0 Å². The van der Waals surface area contributed by atoms with Gasteiger partial charge in [0.25, 0.3) is 5.22 Å². The summed E-state index contributed by atoms with van der Waals surface area (Å²) in [5.41, 5.74) is 2.50. The van der Waals surface area contributed by atoms with Crippen LogP contribution in [0.4, 0.5) is 5.69 Å². The molecule has 1 heterocycles. The van der Waals surface area contributed by atoms with Crippen LogP contribution in [-0.2, 0) is 11.2 Å². The predicted octanol–water partition coefficient (Wildman–Crippen LogP) is 4.75. The lowest BCUT2D eigenvalue weighted by molar-refractivity contribution is -0.115. The van der Waals surface area contributed by atoms with Crippen molar-refractivity contribution < 1.29 is 13.9 Å². The fourth-order valence-electron chi connectivity index (χ4n) is 2.50. The fraction of sp³-hybridized carbons (Fsp3) is 0.250. The summed E-state index contributed by atoms with van der Waals surface area (Å²) in [6.45, 7) is 3.64. The van der Waals surface area contributed by atoms with Crippen molar-refractivity contribution in [2.45, 2.75) is 30.7 Å². The molecule has 1 amide bonds. The Morgan fingerprint density at radius 3 is 2.75 bits per heavy atom. The van der Waals surface area contributed by atoms with Crippen molar-refractivity contribution in [1.29, 1.82) is 0 Å². The highest BCUT2D eigenvalue weighted by atomic mass is 35.5. The Morgan fingerprint density at radius 1 is 1.29 bits per heavy atom. The van der Waals surface area contributed by atoms with Crippen molar-refractivity contribution in [3.63, 3.8) is 0 Å². The van der Waals surface area contributed by atoms with E-state index in [9.17, 15) is 4.79 Å². The maximum Gasteiger partial charge on any atom is 0.277 e. The van der Waals surface area contributed by atoms with E-state index < -0.39 is 5.25 Å². The van der Waals surface area contributed by atoms with E-state index in [4.69, 9.17) is 20.8 Å². The van der Waals surface area contributed by atoms with Gasteiger partial charge in [0.2, 0.25) is 11.8 Å². The summed E-state index contributed by atoms with van der Waals surface area (Å²) < 4.78 is 11.0. The molecule has 0 aliphatic rings. The number of aromatic nitrogens is 2. The van der Waals surface area contributed by atoms with Gasteiger partial charge < -0.3 is 14.5 Å². The van der Waals surface area contributed by atoms with E-state index in [0.717, 1.165) is 11.1 Å². The van der Waals surface area contributed by atoms with Gasteiger partial charge in [-0.15, -0.1) is 10.2 Å². The zero-order chi connectivity index (χ0) is 20.1. The van der Waals surface area contributed by atoms with Crippen LogP contribution < -0.4 is 10.1 Å². The second kappa shape index (κ2) is 9.12. The highest BCUT2D eigenvalue weighted by molar-refractivity contribution is 8.00. The number of halogens is 1. The average molecular weight is 418 g/mol. The van der Waals surface area contributed by atoms with Crippen LogP contribution in [0.1, 0.15) is 23.9 Å². The number of hydrogen-bond acceptors (Lipinski definition) is 6. The third-order valence-electron chi connectivity index (χ3n) is 4.03. The van der Waals surface area contributed by atoms with Gasteiger partial charge in [0.05, 0.1) is 24.5 Å². The van der Waals surface area contributed by atoms with Crippen molar-refractivity contribution in [2.75, 3.05) is 12.4 Å². The number of carbonyl (C=O) groups is 1. The van der Waals surface area contributed by atoms with Crippen molar-refractivity contribution in [1.82, 2.24) is 10.2 Å². The molecule has 0 spiro atoms. The zero-order valence-electron chi connectivity index (χ0n) is 15.7. The summed E-state index contributed by atoms with van der Waals surface area (Å²) in [6, 6.07) is 13.3. The number of methoxy groups -OCH3 is 1. The van der Waals surface area contributed by atoms with E-state index in [-0.39, 0.29) is 5.91 Å². The van der Waals surface area contributed by atoms with E-state index in [1.807, 2.05) is 37.3 Å². The Balaban J connectivity index is 1.63. The Labute approximate surface area is 172 Å². The number of anilines is 1. The first kappa shape index (κ1) is 20.2. The largest absolute Gasteiger partial charge is 0.495 e. The third kappa shape index (κ3) is 5.05. The molecule has 0 unspecified atom stereocenters. The summed E-state index contributed by atoms with van der Waals surface area (Å²) in [4.78, 5) is 12.6. The summed E-state index contributed by atoms with van der Waals surface area (Å²) in [7, 11) is 1.53. The van der Waals surface area contributed by atoms with Crippen LogP contribution in [0.2, 0.25) is 5.02 Å². The lowest BCUT2D eigenvalue weighted by atomic mass is 10.2. The molecule has 2 aromatic carbocycles. The normalized spacial score (nSPS) is 11.9. The van der Waals surface area contributed by atoms with Gasteiger partial charge >= 0.3 is 0 Å². The second-order valence-electron chi connectivity index (χ2n) is 6.18. The zero-order valence-corrected chi connectivity index (χ0v) is 17.3. The van der Waals surface area contributed by atoms with E-state index in [1.165, 1.54) is 18.9 Å². The van der Waals surface area contributed by atoms with E-state index in [1.54, 1.807) is 19.1 Å². The SMILES string of the molecule is COc1cc(Cl)c(C)cc1NC(=O)[C@@H](C)Sc1nnc(Cc2ccccc2)o1. The van der Waals surface area contributed by atoms with Gasteiger partial charge in [-0.25, -0.2) is 0 Å². The number of rotatable bonds is 7. The molecular weight excluding hydrogens is 398 g/mol. The minimum atomic E-state index is -0.439. The molecule has 0 saturated carbocycles. The van der Waals surface area contributed by atoms with Crippen LogP contribution in [0.15, 0.2) is 52.1 Å². The van der Waals surface area contributed by atoms with E-state index in [0.29, 0.717) is 34.0 Å². The van der Waals surface area contributed by atoms with Crippen molar-refractivity contribution in [3.05, 3.63) is 64.5 Å². The van der Waals surface area contributed by atoms with Gasteiger partial charge in [-0.1, -0.05) is 53.7 Å². The van der Waals surface area contributed by atoms with Crippen LogP contribution in [0, 0.1) is 6.92 Å². The molecule has 0 fully saturated rings. The maximum atomic E-state index is 12.6. The van der Waals surface area contributed by atoms with Crippen LogP contribution in [0.5, 0.6) is 5.75 Å². The number of nitrogens with zero attached hydrogens (tertiary/aromatic N) is 2. The van der Waals surface area contributed by atoms with Crippen LogP contribution in [0.3, 0.4) is 0 Å². The Hall–Kier alpha value is -2.51. The van der Waals surface area contributed by atoms with Crippen LogP contribution >= 0.6 is 23.4 Å². The lowest BCUT2D eigenvalue weighted by Crippen LogP contribution is -2.22. The highest BCUT2D eigenvalue weighted by Gasteiger charge is 2.20. The minimum absolute atomic E-state index is 0.201. The van der Waals surface area contributed by atoms with Crippen LogP contribution in [0.25, 0.3) is 0 Å². The molecule has 0 aliphatic carbocycles. The molecule has 1 atom stereocenters. The molecule has 3 aromatic rings. The molecule has 3 rings (SSSR count). The van der Waals surface area contributed by atoms with E-state index in [2.05, 4.69) is 15.5 Å². The number of hydrogen-bond donors (Lipinski definition) is 1. The number of aryl methyl sites for hydroxylation is 1. The third-order valence-corrected chi connectivity index (χ3v) is 5.37. The monoisotopic (exact) mass is 417 g/mol. The van der Waals surface area contributed by atoms with Gasteiger partial charge in [-0.05, 0) is 31.0 Å². The number of thioether (sulfide) groups is 1. The number of ether oxygens (including phenoxy) is 1. The van der Waals surface area contributed by atoms with Crippen molar-refractivity contribution in [3.8, 4) is 5.75 Å². The van der Waals surface area contributed by atoms with Gasteiger partial charge in [0, 0.05) is 11.1 Å². The molecule has 1 N–H and O–H groups in total. The highest BCUT2D eigenvalue weighted by Crippen LogP contribution is 2.32. The molecule has 28 heavy (non-hydrogen) atoms. The standard InChI is InChI=1S/C20H20ClN3O3S/c1-12-9-16(17(26-3)11-15(12)21)22-19(25)13(2)28-20-24-23-18(27-20)10-14-7-5-4-6-8-14/h4-9,11,13H,10H2,1-3H3,(H,22,25)/t13-/m1/s1. The molecule has 0 saturated heterocycles. The first-order chi connectivity index (χ1) is 13.5. The molecule has 0 radical (unpaired) electrons. The summed E-state index contributed by atoms with van der Waals surface area (Å²) >= 11 is 7.31. The number of amides is 1. The molecule has 0 aliphatic heterocycles. The number of nitrogens with one attached hydrogen (secondary N) is 1. The molecule has 6 nitrogen and oxygen atoms in total. The fourth-order valence-corrected chi connectivity index (χ4v) is 3.35. The van der Waals surface area contributed by atoms with Gasteiger partial charge in [-0.3, -0.25) is 4.79 Å². The topological polar surface area (TPSA) is 77.2 Å². The molecule has 1 aromatic heterocycles. The van der Waals surface area contributed by atoms with Crippen molar-refractivity contribution in [2.24, 2.45) is 0 Å². The Bertz CT molecular complexity index is 963. The predicted molar refractivity (Wildman–Crippen MR) is 110 cm³/mol. The Morgan fingerprint density at radius 2 is 2.04 bits per heavy atom. The average Bonchev–Trinajstić information content (AvgIpc) is 3.12. The smallest absolute Gasteiger partial charge is 0.277 e. The molecule has 146 valence electrons. The van der Waals surface area contributed by atoms with Crippen LogP contribution in [-0.4, -0.2) is 28.5 Å². The summed E-state index contributed by atoms with van der Waals surface area (Å²) in [5, 5.41) is 11.4. The quantitative estimate of drug-likeness (QED) is 0.559. The first-order valence-electron chi connectivity index (χ1n) is 8.64. The number of carbonyl (C=O) groups excluding carboxylic acids is 1. The minimum Gasteiger partial charge on any atom is -0.495 e. The lowest BCUT2D eigenvalue weighted by Gasteiger charge is -2.14. The van der Waals surface area contributed by atoms with E-state index >= 15 is 0 Å². The maximum absolute atomic E-state index is 12.6. The van der Waals surface area contributed by atoms with Gasteiger partial charge in [0.1, 0.15) is 5.75 Å². The summed E-state index contributed by atoms with van der Waals surface area (Å²) in [5.74, 6) is 0.813. The molecular formula is C20H20ClN3O3S. The summed E-state index contributed by atoms with van der Waals surface area (Å²) in [6.07, 6.45) is 0.552. The molecule has 8 heteroatoms. The Kier molecular flexibility index (Phi) is 6.59.